The SMILES string of the molecule is Cc1cc(C)cc(C(=O)Nc2ncccc2C)c1. The lowest BCUT2D eigenvalue weighted by molar-refractivity contribution is 0.102. The van der Waals surface area contributed by atoms with Crippen LogP contribution in [-0.2, 0) is 0 Å². The van der Waals surface area contributed by atoms with Gasteiger partial charge in [-0.15, -0.1) is 0 Å². The summed E-state index contributed by atoms with van der Waals surface area (Å²) in [4.78, 5) is 16.3. The van der Waals surface area contributed by atoms with E-state index in [9.17, 15) is 4.79 Å². The second-order valence-electron chi connectivity index (χ2n) is 4.50. The first kappa shape index (κ1) is 12.3. The first-order valence-corrected chi connectivity index (χ1v) is 5.87. The van der Waals surface area contributed by atoms with Crippen LogP contribution in [0, 0.1) is 20.8 Å². The van der Waals surface area contributed by atoms with E-state index in [-0.39, 0.29) is 5.91 Å². The van der Waals surface area contributed by atoms with Crippen molar-refractivity contribution in [2.75, 3.05) is 5.32 Å². The van der Waals surface area contributed by atoms with Crippen LogP contribution >= 0.6 is 0 Å². The Balaban J connectivity index is 2.25. The van der Waals surface area contributed by atoms with Gasteiger partial charge in [0.25, 0.3) is 5.91 Å². The van der Waals surface area contributed by atoms with Crippen molar-refractivity contribution in [1.82, 2.24) is 4.98 Å². The molecule has 0 unspecified atom stereocenters. The lowest BCUT2D eigenvalue weighted by Crippen LogP contribution is -2.14. The molecule has 1 amide bonds. The average molecular weight is 240 g/mol. The highest BCUT2D eigenvalue weighted by Gasteiger charge is 2.09. The van der Waals surface area contributed by atoms with Crippen molar-refractivity contribution in [3.63, 3.8) is 0 Å². The van der Waals surface area contributed by atoms with Gasteiger partial charge in [-0.2, -0.15) is 0 Å². The van der Waals surface area contributed by atoms with Gasteiger partial charge < -0.3 is 5.32 Å². The molecule has 1 N–H and O–H groups in total. The van der Waals surface area contributed by atoms with Gasteiger partial charge in [0.2, 0.25) is 0 Å². The van der Waals surface area contributed by atoms with Crippen LogP contribution in [0.5, 0.6) is 0 Å². The maximum absolute atomic E-state index is 12.1. The minimum absolute atomic E-state index is 0.122. The molecule has 2 rings (SSSR count). The predicted octanol–water partition coefficient (Wildman–Crippen LogP) is 3.26. The van der Waals surface area contributed by atoms with E-state index in [2.05, 4.69) is 10.3 Å². The van der Waals surface area contributed by atoms with Crippen molar-refractivity contribution in [2.45, 2.75) is 20.8 Å². The van der Waals surface area contributed by atoms with Gasteiger partial charge in [0, 0.05) is 11.8 Å². The molecule has 1 aromatic heterocycles. The highest BCUT2D eigenvalue weighted by molar-refractivity contribution is 6.04. The predicted molar refractivity (Wildman–Crippen MR) is 72.8 cm³/mol. The van der Waals surface area contributed by atoms with Crippen LogP contribution in [-0.4, -0.2) is 10.9 Å². The van der Waals surface area contributed by atoms with Crippen LogP contribution < -0.4 is 5.32 Å². The Kier molecular flexibility index (Phi) is 3.42. The summed E-state index contributed by atoms with van der Waals surface area (Å²) in [7, 11) is 0. The largest absolute Gasteiger partial charge is 0.306 e. The number of aromatic nitrogens is 1. The van der Waals surface area contributed by atoms with E-state index in [1.807, 2.05) is 51.1 Å². The number of aryl methyl sites for hydroxylation is 3. The summed E-state index contributed by atoms with van der Waals surface area (Å²) in [6.07, 6.45) is 1.67. The third-order valence-electron chi connectivity index (χ3n) is 2.73. The van der Waals surface area contributed by atoms with Crippen molar-refractivity contribution >= 4 is 11.7 Å². The third kappa shape index (κ3) is 2.74. The van der Waals surface area contributed by atoms with Crippen LogP contribution in [0.2, 0.25) is 0 Å². The molecule has 0 saturated carbocycles. The minimum Gasteiger partial charge on any atom is -0.306 e. The molecule has 1 aromatic carbocycles. The monoisotopic (exact) mass is 240 g/mol. The standard InChI is InChI=1S/C15H16N2O/c1-10-7-11(2)9-13(8-10)15(18)17-14-12(3)5-4-6-16-14/h4-9H,1-3H3,(H,16,17,18). The Bertz CT molecular complexity index is 571. The number of anilines is 1. The van der Waals surface area contributed by atoms with Gasteiger partial charge >= 0.3 is 0 Å². The minimum atomic E-state index is -0.122. The van der Waals surface area contributed by atoms with Crippen LogP contribution in [0.4, 0.5) is 5.82 Å². The quantitative estimate of drug-likeness (QED) is 0.875. The Morgan fingerprint density at radius 2 is 1.78 bits per heavy atom. The molecule has 3 nitrogen and oxygen atoms in total. The topological polar surface area (TPSA) is 42.0 Å². The molecule has 3 heteroatoms. The van der Waals surface area contributed by atoms with E-state index in [4.69, 9.17) is 0 Å². The van der Waals surface area contributed by atoms with Gasteiger partial charge in [-0.25, -0.2) is 4.98 Å². The molecule has 0 spiro atoms. The summed E-state index contributed by atoms with van der Waals surface area (Å²) in [5.74, 6) is 0.491. The molecule has 1 heterocycles. The number of hydrogen-bond acceptors (Lipinski definition) is 2. The molecule has 18 heavy (non-hydrogen) atoms. The maximum Gasteiger partial charge on any atom is 0.256 e. The van der Waals surface area contributed by atoms with Gasteiger partial charge in [-0.05, 0) is 44.5 Å². The number of nitrogens with zero attached hydrogens (tertiary/aromatic N) is 1. The zero-order valence-corrected chi connectivity index (χ0v) is 10.8. The number of pyridine rings is 1. The van der Waals surface area contributed by atoms with E-state index in [0.29, 0.717) is 11.4 Å². The van der Waals surface area contributed by atoms with E-state index >= 15 is 0 Å². The fraction of sp³-hybridized carbons (Fsp3) is 0.200. The third-order valence-corrected chi connectivity index (χ3v) is 2.73. The Morgan fingerprint density at radius 3 is 2.39 bits per heavy atom. The van der Waals surface area contributed by atoms with Crippen molar-refractivity contribution < 1.29 is 4.79 Å². The van der Waals surface area contributed by atoms with Gasteiger partial charge in [-0.3, -0.25) is 4.79 Å². The molecule has 0 aliphatic heterocycles. The fourth-order valence-electron chi connectivity index (χ4n) is 1.90. The number of amides is 1. The van der Waals surface area contributed by atoms with E-state index < -0.39 is 0 Å². The molecule has 0 bridgehead atoms. The smallest absolute Gasteiger partial charge is 0.256 e. The summed E-state index contributed by atoms with van der Waals surface area (Å²) in [6.45, 7) is 5.88. The number of carbonyl (C=O) groups excluding carboxylic acids is 1. The van der Waals surface area contributed by atoms with Crippen molar-refractivity contribution in [3.8, 4) is 0 Å². The molecule has 0 radical (unpaired) electrons. The number of carbonyl (C=O) groups is 1. The van der Waals surface area contributed by atoms with E-state index in [1.54, 1.807) is 6.20 Å². The maximum atomic E-state index is 12.1. The molecule has 2 aromatic rings. The normalized spacial score (nSPS) is 10.2. The zero-order chi connectivity index (χ0) is 13.1. The molecule has 0 atom stereocenters. The number of benzene rings is 1. The van der Waals surface area contributed by atoms with Gasteiger partial charge in [-0.1, -0.05) is 23.3 Å². The second kappa shape index (κ2) is 5.00. The van der Waals surface area contributed by atoms with Crippen LogP contribution in [0.25, 0.3) is 0 Å². The van der Waals surface area contributed by atoms with E-state index in [0.717, 1.165) is 16.7 Å². The fourth-order valence-corrected chi connectivity index (χ4v) is 1.90. The molecular weight excluding hydrogens is 224 g/mol. The van der Waals surface area contributed by atoms with Crippen molar-refractivity contribution in [1.29, 1.82) is 0 Å². The molecule has 0 saturated heterocycles. The zero-order valence-electron chi connectivity index (χ0n) is 10.8. The number of rotatable bonds is 2. The Hall–Kier alpha value is -2.16. The number of nitrogens with one attached hydrogen (secondary N) is 1. The summed E-state index contributed by atoms with van der Waals surface area (Å²) in [5.41, 5.74) is 3.78. The van der Waals surface area contributed by atoms with Crippen molar-refractivity contribution in [2.24, 2.45) is 0 Å². The summed E-state index contributed by atoms with van der Waals surface area (Å²) >= 11 is 0. The molecule has 92 valence electrons. The lowest BCUT2D eigenvalue weighted by Gasteiger charge is -2.08. The molecule has 0 aliphatic carbocycles. The van der Waals surface area contributed by atoms with Gasteiger partial charge in [0.05, 0.1) is 0 Å². The van der Waals surface area contributed by atoms with Gasteiger partial charge in [0.1, 0.15) is 5.82 Å². The highest BCUT2D eigenvalue weighted by Crippen LogP contribution is 2.13. The van der Waals surface area contributed by atoms with Crippen LogP contribution in [0.3, 0.4) is 0 Å². The Labute approximate surface area is 107 Å². The van der Waals surface area contributed by atoms with Crippen LogP contribution in [0.1, 0.15) is 27.0 Å². The second-order valence-corrected chi connectivity index (χ2v) is 4.50. The summed E-state index contributed by atoms with van der Waals surface area (Å²) < 4.78 is 0. The first-order chi connectivity index (χ1) is 8.56. The summed E-state index contributed by atoms with van der Waals surface area (Å²) in [6, 6.07) is 9.57. The summed E-state index contributed by atoms with van der Waals surface area (Å²) in [5, 5.41) is 2.83. The highest BCUT2D eigenvalue weighted by atomic mass is 16.1. The molecular formula is C15H16N2O. The molecule has 0 fully saturated rings. The van der Waals surface area contributed by atoms with Gasteiger partial charge in [0.15, 0.2) is 0 Å². The van der Waals surface area contributed by atoms with Crippen molar-refractivity contribution in [3.05, 3.63) is 58.8 Å². The Morgan fingerprint density at radius 1 is 1.11 bits per heavy atom. The molecule has 0 aliphatic rings. The lowest BCUT2D eigenvalue weighted by atomic mass is 10.1. The average Bonchev–Trinajstić information content (AvgIpc) is 2.31. The van der Waals surface area contributed by atoms with E-state index in [1.165, 1.54) is 0 Å². The van der Waals surface area contributed by atoms with Crippen LogP contribution in [0.15, 0.2) is 36.5 Å². The number of hydrogen-bond donors (Lipinski definition) is 1. The first-order valence-electron chi connectivity index (χ1n) is 5.87.